The van der Waals surface area contributed by atoms with Gasteiger partial charge in [-0.2, -0.15) is 9.57 Å². The highest BCUT2D eigenvalue weighted by Crippen LogP contribution is 2.29. The molecule has 0 amide bonds. The minimum Gasteiger partial charge on any atom is -0.492 e. The molecule has 0 aliphatic carbocycles. The minimum atomic E-state index is -3.67. The number of nitrogens with zero attached hydrogens (tertiary/aromatic N) is 3. The van der Waals surface area contributed by atoms with E-state index in [2.05, 4.69) is 4.98 Å². The molecule has 1 unspecified atom stereocenters. The summed E-state index contributed by atoms with van der Waals surface area (Å²) in [5.74, 6) is 0.672. The molecule has 1 atom stereocenters. The lowest BCUT2D eigenvalue weighted by Gasteiger charge is -2.19. The molecule has 1 aromatic heterocycles. The number of para-hydroxylation sites is 1. The van der Waals surface area contributed by atoms with Crippen molar-refractivity contribution in [3.63, 3.8) is 0 Å². The van der Waals surface area contributed by atoms with Crippen molar-refractivity contribution in [1.82, 2.24) is 9.29 Å². The van der Waals surface area contributed by atoms with Crippen LogP contribution in [0.1, 0.15) is 18.9 Å². The number of ether oxygens (including phenoxy) is 2. The molecule has 2 aromatic rings. The van der Waals surface area contributed by atoms with Gasteiger partial charge in [0.2, 0.25) is 15.9 Å². The van der Waals surface area contributed by atoms with Gasteiger partial charge < -0.3 is 9.47 Å². The Morgan fingerprint density at radius 1 is 1.35 bits per heavy atom. The second-order valence-corrected chi connectivity index (χ2v) is 7.67. The average molecular weight is 373 g/mol. The Hall–Kier alpha value is -2.63. The van der Waals surface area contributed by atoms with Crippen molar-refractivity contribution in [1.29, 1.82) is 5.26 Å². The Bertz CT molecular complexity index is 924. The first-order valence-electron chi connectivity index (χ1n) is 8.29. The number of rotatable bonds is 6. The third-order valence-corrected chi connectivity index (χ3v) is 5.93. The molecule has 0 spiro atoms. The van der Waals surface area contributed by atoms with Crippen LogP contribution in [0.4, 0.5) is 0 Å². The van der Waals surface area contributed by atoms with Crippen LogP contribution >= 0.6 is 0 Å². The van der Waals surface area contributed by atoms with Gasteiger partial charge in [-0.25, -0.2) is 13.4 Å². The van der Waals surface area contributed by atoms with Gasteiger partial charge in [0.05, 0.1) is 24.8 Å². The molecule has 136 valence electrons. The van der Waals surface area contributed by atoms with Crippen LogP contribution in [0.5, 0.6) is 11.6 Å². The zero-order valence-corrected chi connectivity index (χ0v) is 15.1. The van der Waals surface area contributed by atoms with E-state index in [0.717, 1.165) is 0 Å². The van der Waals surface area contributed by atoms with Crippen LogP contribution in [-0.4, -0.2) is 43.5 Å². The number of aromatic nitrogens is 1. The zero-order valence-electron chi connectivity index (χ0n) is 14.3. The third-order valence-electron chi connectivity index (χ3n) is 4.03. The van der Waals surface area contributed by atoms with Crippen molar-refractivity contribution >= 4 is 10.0 Å². The highest BCUT2D eigenvalue weighted by Gasteiger charge is 2.35. The van der Waals surface area contributed by atoms with Crippen LogP contribution in [0.3, 0.4) is 0 Å². The maximum atomic E-state index is 13.0. The highest BCUT2D eigenvalue weighted by molar-refractivity contribution is 7.89. The number of pyridine rings is 1. The minimum absolute atomic E-state index is 0.159. The smallest absolute Gasteiger partial charge is 0.246 e. The Morgan fingerprint density at radius 2 is 2.15 bits per heavy atom. The molecule has 1 fully saturated rings. The molecule has 8 heteroatoms. The monoisotopic (exact) mass is 373 g/mol. The van der Waals surface area contributed by atoms with Crippen molar-refractivity contribution in [2.45, 2.75) is 24.3 Å². The first-order valence-corrected chi connectivity index (χ1v) is 9.73. The molecule has 0 radical (unpaired) electrons. The maximum absolute atomic E-state index is 13.0. The van der Waals surface area contributed by atoms with Crippen LogP contribution in [0.2, 0.25) is 0 Å². The molecule has 3 rings (SSSR count). The summed E-state index contributed by atoms with van der Waals surface area (Å²) in [6.45, 7) is 2.78. The fourth-order valence-electron chi connectivity index (χ4n) is 2.80. The van der Waals surface area contributed by atoms with E-state index in [0.29, 0.717) is 36.8 Å². The first kappa shape index (κ1) is 18.2. The average Bonchev–Trinajstić information content (AvgIpc) is 3.12. The molecule has 26 heavy (non-hydrogen) atoms. The van der Waals surface area contributed by atoms with Crippen molar-refractivity contribution in [3.05, 3.63) is 48.2 Å². The standard InChI is InChI=1S/C18H19N3O4S/c1-2-24-16-5-3-4-6-17(16)26(22,23)21-10-8-15(13-21)25-18-11-14(12-19)7-9-20-18/h3-7,9,11,15H,2,8,10,13H2,1H3. The van der Waals surface area contributed by atoms with Gasteiger partial charge in [0.15, 0.2) is 0 Å². The molecular formula is C18H19N3O4S. The van der Waals surface area contributed by atoms with Gasteiger partial charge in [-0.1, -0.05) is 12.1 Å². The van der Waals surface area contributed by atoms with E-state index in [4.69, 9.17) is 14.7 Å². The molecule has 2 heterocycles. The van der Waals surface area contributed by atoms with Crippen molar-refractivity contribution in [2.75, 3.05) is 19.7 Å². The fraction of sp³-hybridized carbons (Fsp3) is 0.333. The van der Waals surface area contributed by atoms with Crippen LogP contribution in [0, 0.1) is 11.3 Å². The van der Waals surface area contributed by atoms with E-state index in [1.54, 1.807) is 36.4 Å². The summed E-state index contributed by atoms with van der Waals surface area (Å²) in [6, 6.07) is 11.8. The SMILES string of the molecule is CCOc1ccccc1S(=O)(=O)N1CCC(Oc2cc(C#N)ccn2)C1. The van der Waals surface area contributed by atoms with Crippen LogP contribution < -0.4 is 9.47 Å². The van der Waals surface area contributed by atoms with Gasteiger partial charge in [-0.3, -0.25) is 0 Å². The molecule has 1 aliphatic rings. The molecule has 0 bridgehead atoms. The molecule has 1 aliphatic heterocycles. The van der Waals surface area contributed by atoms with Gasteiger partial charge >= 0.3 is 0 Å². The summed E-state index contributed by atoms with van der Waals surface area (Å²) in [4.78, 5) is 4.23. The number of benzene rings is 1. The van der Waals surface area contributed by atoms with Crippen LogP contribution in [-0.2, 0) is 10.0 Å². The topological polar surface area (TPSA) is 92.5 Å². The summed E-state index contributed by atoms with van der Waals surface area (Å²) in [6.07, 6.45) is 1.73. The third kappa shape index (κ3) is 3.79. The molecule has 0 saturated carbocycles. The van der Waals surface area contributed by atoms with Gasteiger partial charge in [-0.05, 0) is 31.5 Å². The lowest BCUT2D eigenvalue weighted by molar-refractivity contribution is 0.207. The predicted molar refractivity (Wildman–Crippen MR) is 94.4 cm³/mol. The van der Waals surface area contributed by atoms with Crippen molar-refractivity contribution in [3.8, 4) is 17.7 Å². The van der Waals surface area contributed by atoms with E-state index < -0.39 is 10.0 Å². The lowest BCUT2D eigenvalue weighted by Crippen LogP contribution is -2.31. The summed E-state index contributed by atoms with van der Waals surface area (Å²) in [5.41, 5.74) is 0.447. The van der Waals surface area contributed by atoms with E-state index in [1.807, 2.05) is 13.0 Å². The Kier molecular flexibility index (Phi) is 5.40. The normalized spacial score (nSPS) is 17.6. The summed E-state index contributed by atoms with van der Waals surface area (Å²) in [7, 11) is -3.67. The van der Waals surface area contributed by atoms with Crippen LogP contribution in [0.15, 0.2) is 47.5 Å². The molecule has 7 nitrogen and oxygen atoms in total. The first-order chi connectivity index (χ1) is 12.5. The largest absolute Gasteiger partial charge is 0.492 e. The Morgan fingerprint density at radius 3 is 2.92 bits per heavy atom. The fourth-order valence-corrected chi connectivity index (χ4v) is 4.42. The quantitative estimate of drug-likeness (QED) is 0.771. The van der Waals surface area contributed by atoms with Crippen LogP contribution in [0.25, 0.3) is 0 Å². The Balaban J connectivity index is 1.74. The second kappa shape index (κ2) is 7.72. The van der Waals surface area contributed by atoms with Crippen molar-refractivity contribution in [2.24, 2.45) is 0 Å². The Labute approximate surface area is 152 Å². The number of nitriles is 1. The van der Waals surface area contributed by atoms with E-state index in [1.165, 1.54) is 10.5 Å². The summed E-state index contributed by atoms with van der Waals surface area (Å²) >= 11 is 0. The van der Waals surface area contributed by atoms with Gasteiger partial charge in [0.1, 0.15) is 16.7 Å². The lowest BCUT2D eigenvalue weighted by atomic mass is 10.3. The number of sulfonamides is 1. The molecule has 0 N–H and O–H groups in total. The second-order valence-electron chi connectivity index (χ2n) is 5.77. The highest BCUT2D eigenvalue weighted by atomic mass is 32.2. The van der Waals surface area contributed by atoms with E-state index in [9.17, 15) is 8.42 Å². The summed E-state index contributed by atoms with van der Waals surface area (Å²) in [5, 5.41) is 8.93. The van der Waals surface area contributed by atoms with Gasteiger partial charge in [0, 0.05) is 18.8 Å². The molecular weight excluding hydrogens is 354 g/mol. The van der Waals surface area contributed by atoms with E-state index in [-0.39, 0.29) is 17.5 Å². The van der Waals surface area contributed by atoms with Gasteiger partial charge in [0.25, 0.3) is 0 Å². The molecule has 1 aromatic carbocycles. The maximum Gasteiger partial charge on any atom is 0.246 e. The van der Waals surface area contributed by atoms with Crippen molar-refractivity contribution < 1.29 is 17.9 Å². The number of hydrogen-bond acceptors (Lipinski definition) is 6. The number of hydrogen-bond donors (Lipinski definition) is 0. The zero-order chi connectivity index (χ0) is 18.6. The predicted octanol–water partition coefficient (Wildman–Crippen LogP) is 2.19. The van der Waals surface area contributed by atoms with E-state index >= 15 is 0 Å². The van der Waals surface area contributed by atoms with Gasteiger partial charge in [-0.15, -0.1) is 0 Å². The summed E-state index contributed by atoms with van der Waals surface area (Å²) < 4.78 is 38.5. The molecule has 1 saturated heterocycles.